The summed E-state index contributed by atoms with van der Waals surface area (Å²) in [5.74, 6) is 1.72. The summed E-state index contributed by atoms with van der Waals surface area (Å²) < 4.78 is 33.1. The zero-order valence-corrected chi connectivity index (χ0v) is 14.9. The Kier molecular flexibility index (Phi) is 5.88. The summed E-state index contributed by atoms with van der Waals surface area (Å²) in [6, 6.07) is 1.56. The van der Waals surface area contributed by atoms with Crippen LogP contribution in [0.5, 0.6) is 0 Å². The first-order chi connectivity index (χ1) is 9.92. The summed E-state index contributed by atoms with van der Waals surface area (Å²) in [6.07, 6.45) is 4.64. The Hall–Kier alpha value is -0.370. The fourth-order valence-corrected chi connectivity index (χ4v) is 5.00. The Morgan fingerprint density at radius 1 is 1.43 bits per heavy atom. The highest BCUT2D eigenvalue weighted by Crippen LogP contribution is 2.29. The van der Waals surface area contributed by atoms with Crippen LogP contribution in [0.1, 0.15) is 38.4 Å². The number of sulfonamides is 1. The highest BCUT2D eigenvalue weighted by molar-refractivity contribution is 9.10. The molecule has 0 aromatic carbocycles. The monoisotopic (exact) mass is 378 g/mol. The van der Waals surface area contributed by atoms with Crippen LogP contribution in [-0.2, 0) is 16.6 Å². The number of hydrogen-bond donors (Lipinski definition) is 2. The van der Waals surface area contributed by atoms with E-state index >= 15 is 0 Å². The molecule has 1 saturated carbocycles. The van der Waals surface area contributed by atoms with Crippen LogP contribution in [0.2, 0.25) is 0 Å². The van der Waals surface area contributed by atoms with Crippen LogP contribution in [0.3, 0.4) is 0 Å². The zero-order chi connectivity index (χ0) is 15.5. The minimum atomic E-state index is -3.52. The van der Waals surface area contributed by atoms with Crippen molar-refractivity contribution in [2.45, 2.75) is 44.0 Å². The van der Waals surface area contributed by atoms with E-state index in [4.69, 9.17) is 4.42 Å². The second kappa shape index (κ2) is 7.26. The van der Waals surface area contributed by atoms with Gasteiger partial charge >= 0.3 is 0 Å². The van der Waals surface area contributed by atoms with Crippen molar-refractivity contribution in [1.29, 1.82) is 0 Å². The molecular formula is C14H23BrN2O3S. The second-order valence-corrected chi connectivity index (χ2v) is 8.33. The summed E-state index contributed by atoms with van der Waals surface area (Å²) in [5.41, 5.74) is 0. The van der Waals surface area contributed by atoms with Gasteiger partial charge in [-0.25, -0.2) is 13.1 Å². The zero-order valence-electron chi connectivity index (χ0n) is 12.5. The van der Waals surface area contributed by atoms with Gasteiger partial charge in [0.2, 0.25) is 10.0 Å². The highest BCUT2D eigenvalue weighted by atomic mass is 79.9. The van der Waals surface area contributed by atoms with Crippen molar-refractivity contribution < 1.29 is 12.8 Å². The number of furan rings is 1. The van der Waals surface area contributed by atoms with Gasteiger partial charge in [0.05, 0.1) is 6.54 Å². The summed E-state index contributed by atoms with van der Waals surface area (Å²) in [7, 11) is -1.74. The normalized spacial score (nSPS) is 23.4. The molecule has 2 N–H and O–H groups in total. The van der Waals surface area contributed by atoms with Crippen LogP contribution in [0, 0.1) is 11.8 Å². The summed E-state index contributed by atoms with van der Waals surface area (Å²) in [4.78, 5) is 0.177. The van der Waals surface area contributed by atoms with Gasteiger partial charge in [0.15, 0.2) is 4.67 Å². The van der Waals surface area contributed by atoms with Crippen LogP contribution in [-0.4, -0.2) is 22.0 Å². The average molecular weight is 379 g/mol. The standard InChI is InChI=1S/C14H23BrN2O3S/c1-10-4-3-5-11(6-10)8-17-21(18,19)13-7-12(9-16-2)20-14(13)15/h7,10-11,16-17H,3-6,8-9H2,1-2H3. The molecule has 1 fully saturated rings. The van der Waals surface area contributed by atoms with Crippen LogP contribution >= 0.6 is 15.9 Å². The van der Waals surface area contributed by atoms with Gasteiger partial charge in [-0.3, -0.25) is 0 Å². The largest absolute Gasteiger partial charge is 0.452 e. The van der Waals surface area contributed by atoms with Crippen LogP contribution in [0.25, 0.3) is 0 Å². The highest BCUT2D eigenvalue weighted by Gasteiger charge is 2.25. The molecule has 5 nitrogen and oxygen atoms in total. The first-order valence-corrected chi connectivity index (χ1v) is 9.62. The molecule has 2 unspecified atom stereocenters. The average Bonchev–Trinajstić information content (AvgIpc) is 2.79. The Morgan fingerprint density at radius 2 is 2.19 bits per heavy atom. The molecule has 0 bridgehead atoms. The lowest BCUT2D eigenvalue weighted by molar-refractivity contribution is 0.283. The van der Waals surface area contributed by atoms with Crippen molar-refractivity contribution in [3.8, 4) is 0 Å². The van der Waals surface area contributed by atoms with Gasteiger partial charge in [-0.05, 0) is 47.7 Å². The molecule has 7 heteroatoms. The van der Waals surface area contributed by atoms with E-state index in [9.17, 15) is 8.42 Å². The van der Waals surface area contributed by atoms with Gasteiger partial charge < -0.3 is 9.73 Å². The van der Waals surface area contributed by atoms with Gasteiger partial charge in [0, 0.05) is 12.6 Å². The van der Waals surface area contributed by atoms with E-state index < -0.39 is 10.0 Å². The molecule has 0 radical (unpaired) electrons. The van der Waals surface area contributed by atoms with Gasteiger partial charge in [0.25, 0.3) is 0 Å². The minimum Gasteiger partial charge on any atom is -0.452 e. The van der Waals surface area contributed by atoms with E-state index in [0.29, 0.717) is 30.7 Å². The topological polar surface area (TPSA) is 71.3 Å². The number of rotatable bonds is 6. The maximum absolute atomic E-state index is 12.4. The summed E-state index contributed by atoms with van der Waals surface area (Å²) in [6.45, 7) is 3.23. The lowest BCUT2D eigenvalue weighted by atomic mass is 9.83. The minimum absolute atomic E-state index is 0.177. The van der Waals surface area contributed by atoms with Crippen molar-refractivity contribution in [3.05, 3.63) is 16.5 Å². The third-order valence-corrected chi connectivity index (χ3v) is 6.23. The fourth-order valence-electron chi connectivity index (χ4n) is 2.89. The van der Waals surface area contributed by atoms with Crippen LogP contribution in [0.15, 0.2) is 20.0 Å². The molecule has 1 aliphatic carbocycles. The molecule has 0 amide bonds. The second-order valence-electron chi connectivity index (χ2n) is 5.87. The predicted octanol–water partition coefficient (Wildman–Crippen LogP) is 2.87. The molecule has 1 aliphatic rings. The maximum atomic E-state index is 12.4. The van der Waals surface area contributed by atoms with Gasteiger partial charge in [0.1, 0.15) is 10.7 Å². The number of halogens is 1. The molecule has 21 heavy (non-hydrogen) atoms. The van der Waals surface area contributed by atoms with Crippen LogP contribution in [0.4, 0.5) is 0 Å². The molecule has 0 spiro atoms. The van der Waals surface area contributed by atoms with E-state index in [-0.39, 0.29) is 9.56 Å². The van der Waals surface area contributed by atoms with Gasteiger partial charge in [-0.15, -0.1) is 0 Å². The molecule has 0 aliphatic heterocycles. The summed E-state index contributed by atoms with van der Waals surface area (Å²) >= 11 is 3.18. The lowest BCUT2D eigenvalue weighted by Gasteiger charge is -2.26. The quantitative estimate of drug-likeness (QED) is 0.798. The molecule has 2 atom stereocenters. The number of nitrogens with one attached hydrogen (secondary N) is 2. The SMILES string of the molecule is CNCc1cc(S(=O)(=O)NCC2CCCC(C)C2)c(Br)o1. The van der Waals surface area contributed by atoms with Crippen molar-refractivity contribution in [1.82, 2.24) is 10.0 Å². The van der Waals surface area contributed by atoms with Gasteiger partial charge in [-0.2, -0.15) is 0 Å². The van der Waals surface area contributed by atoms with Crippen molar-refractivity contribution in [3.63, 3.8) is 0 Å². The van der Waals surface area contributed by atoms with E-state index in [1.807, 2.05) is 0 Å². The molecule has 0 saturated heterocycles. The Morgan fingerprint density at radius 3 is 2.86 bits per heavy atom. The first-order valence-electron chi connectivity index (χ1n) is 7.35. The van der Waals surface area contributed by atoms with Crippen molar-refractivity contribution >= 4 is 26.0 Å². The van der Waals surface area contributed by atoms with E-state index in [0.717, 1.165) is 12.8 Å². The molecule has 2 rings (SSSR count). The predicted molar refractivity (Wildman–Crippen MR) is 85.5 cm³/mol. The fraction of sp³-hybridized carbons (Fsp3) is 0.714. The van der Waals surface area contributed by atoms with Crippen molar-refractivity contribution in [2.24, 2.45) is 11.8 Å². The van der Waals surface area contributed by atoms with E-state index in [1.54, 1.807) is 13.1 Å². The number of hydrogen-bond acceptors (Lipinski definition) is 4. The van der Waals surface area contributed by atoms with E-state index in [2.05, 4.69) is 32.9 Å². The maximum Gasteiger partial charge on any atom is 0.244 e. The Balaban J connectivity index is 2.01. The third kappa shape index (κ3) is 4.55. The molecule has 1 aromatic heterocycles. The lowest BCUT2D eigenvalue weighted by Crippen LogP contribution is -2.31. The van der Waals surface area contributed by atoms with Crippen LogP contribution < -0.4 is 10.0 Å². The van der Waals surface area contributed by atoms with E-state index in [1.165, 1.54) is 12.8 Å². The van der Waals surface area contributed by atoms with Gasteiger partial charge in [-0.1, -0.05) is 19.8 Å². The molecular weight excluding hydrogens is 356 g/mol. The third-order valence-electron chi connectivity index (χ3n) is 3.95. The Bertz CT molecular complexity index is 571. The molecule has 1 heterocycles. The molecule has 120 valence electrons. The smallest absolute Gasteiger partial charge is 0.244 e. The van der Waals surface area contributed by atoms with Crippen molar-refractivity contribution in [2.75, 3.05) is 13.6 Å². The molecule has 1 aromatic rings. The Labute approximate surface area is 135 Å². The first kappa shape index (κ1) is 17.0. The summed E-state index contributed by atoms with van der Waals surface area (Å²) in [5, 5.41) is 2.93.